The molecule has 0 N–H and O–H groups in total. The van der Waals surface area contributed by atoms with E-state index >= 15 is 0 Å². The van der Waals surface area contributed by atoms with Crippen molar-refractivity contribution in [3.05, 3.63) is 30.3 Å². The monoisotopic (exact) mass is 328 g/mol. The number of amides is 1. The first kappa shape index (κ1) is 15.3. The summed E-state index contributed by atoms with van der Waals surface area (Å²) in [6.45, 7) is 0.826. The summed E-state index contributed by atoms with van der Waals surface area (Å²) in [4.78, 5) is 24.4. The van der Waals surface area contributed by atoms with E-state index in [-0.39, 0.29) is 17.8 Å². The maximum atomic E-state index is 14.3. The Labute approximate surface area is 140 Å². The zero-order valence-electron chi connectivity index (χ0n) is 13.9. The van der Waals surface area contributed by atoms with Gasteiger partial charge in [-0.3, -0.25) is 4.79 Å². The number of anilines is 1. The van der Waals surface area contributed by atoms with Crippen molar-refractivity contribution < 1.29 is 9.18 Å². The normalized spacial score (nSPS) is 26.7. The summed E-state index contributed by atoms with van der Waals surface area (Å²) in [6.07, 6.45) is 4.09. The van der Waals surface area contributed by atoms with Gasteiger partial charge in [-0.1, -0.05) is 6.07 Å². The first-order valence-corrected chi connectivity index (χ1v) is 8.40. The quantitative estimate of drug-likeness (QED) is 0.850. The largest absolute Gasteiger partial charge is 0.356 e. The Kier molecular flexibility index (Phi) is 3.62. The number of piperidine rings is 1. The van der Waals surface area contributed by atoms with Crippen LogP contribution in [0.3, 0.4) is 0 Å². The van der Waals surface area contributed by atoms with Gasteiger partial charge in [0.2, 0.25) is 5.91 Å². The minimum absolute atomic E-state index is 0.234. The van der Waals surface area contributed by atoms with E-state index in [9.17, 15) is 9.18 Å². The predicted octanol–water partition coefficient (Wildman–Crippen LogP) is 2.46. The van der Waals surface area contributed by atoms with Crippen LogP contribution in [0, 0.1) is 17.7 Å². The Bertz CT molecular complexity index is 790. The van der Waals surface area contributed by atoms with Crippen molar-refractivity contribution in [2.75, 3.05) is 25.5 Å². The molecule has 1 aromatic heterocycles. The minimum Gasteiger partial charge on any atom is -0.356 e. The standard InChI is InChI=1S/C18H21FN4O/c1-22-9-12-7-13(6-11(12)8-16(22)24)23(2)18-17-14(19)4-3-5-15(17)20-10-21-18/h3-5,10-13H,6-9H2,1-2H3/t11-,12+,13-/m0/s1. The number of benzene rings is 1. The fraction of sp³-hybridized carbons (Fsp3) is 0.500. The van der Waals surface area contributed by atoms with Crippen molar-refractivity contribution in [1.29, 1.82) is 0 Å². The van der Waals surface area contributed by atoms with Crippen LogP contribution in [0.25, 0.3) is 10.9 Å². The molecule has 4 rings (SSSR count). The van der Waals surface area contributed by atoms with Crippen molar-refractivity contribution in [2.24, 2.45) is 11.8 Å². The highest BCUT2D eigenvalue weighted by atomic mass is 19.1. The van der Waals surface area contributed by atoms with Crippen LogP contribution in [0.4, 0.5) is 10.2 Å². The lowest BCUT2D eigenvalue weighted by Crippen LogP contribution is -2.39. The number of nitrogens with zero attached hydrogens (tertiary/aromatic N) is 4. The fourth-order valence-corrected chi connectivity index (χ4v) is 4.30. The molecule has 6 heteroatoms. The van der Waals surface area contributed by atoms with E-state index in [0.717, 1.165) is 19.4 Å². The minimum atomic E-state index is -0.291. The Hall–Kier alpha value is -2.24. The second-order valence-corrected chi connectivity index (χ2v) is 7.07. The molecule has 1 saturated carbocycles. The second kappa shape index (κ2) is 5.69. The van der Waals surface area contributed by atoms with Gasteiger partial charge in [0.25, 0.3) is 0 Å². The average Bonchev–Trinajstić information content (AvgIpc) is 2.97. The summed E-state index contributed by atoms with van der Waals surface area (Å²) in [6, 6.07) is 5.20. The number of rotatable bonds is 2. The van der Waals surface area contributed by atoms with Crippen molar-refractivity contribution in [1.82, 2.24) is 14.9 Å². The number of hydrogen-bond acceptors (Lipinski definition) is 4. The average molecular weight is 328 g/mol. The lowest BCUT2D eigenvalue weighted by Gasteiger charge is -2.31. The Morgan fingerprint density at radius 3 is 2.88 bits per heavy atom. The molecule has 24 heavy (non-hydrogen) atoms. The number of fused-ring (bicyclic) bond motifs is 2. The third-order valence-corrected chi connectivity index (χ3v) is 5.66. The molecule has 2 aromatic rings. The number of carbonyl (C=O) groups excluding carboxylic acids is 1. The summed E-state index contributed by atoms with van der Waals surface area (Å²) < 4.78 is 14.3. The van der Waals surface area contributed by atoms with Gasteiger partial charge in [-0.2, -0.15) is 0 Å². The second-order valence-electron chi connectivity index (χ2n) is 7.07. The molecule has 2 aliphatic rings. The maximum Gasteiger partial charge on any atom is 0.222 e. The van der Waals surface area contributed by atoms with Crippen molar-refractivity contribution in [2.45, 2.75) is 25.3 Å². The summed E-state index contributed by atoms with van der Waals surface area (Å²) >= 11 is 0. The summed E-state index contributed by atoms with van der Waals surface area (Å²) in [7, 11) is 3.85. The van der Waals surface area contributed by atoms with Gasteiger partial charge in [0.05, 0.1) is 10.9 Å². The Morgan fingerprint density at radius 2 is 2.04 bits per heavy atom. The van der Waals surface area contributed by atoms with Gasteiger partial charge >= 0.3 is 0 Å². The number of aromatic nitrogens is 2. The first-order chi connectivity index (χ1) is 11.5. The van der Waals surface area contributed by atoms with Gasteiger partial charge in [-0.25, -0.2) is 14.4 Å². The highest BCUT2D eigenvalue weighted by Gasteiger charge is 2.41. The molecule has 3 atom stereocenters. The summed E-state index contributed by atoms with van der Waals surface area (Å²) in [5, 5.41) is 0.477. The first-order valence-electron chi connectivity index (χ1n) is 8.40. The van der Waals surface area contributed by atoms with Crippen LogP contribution in [0.1, 0.15) is 19.3 Å². The lowest BCUT2D eigenvalue weighted by molar-refractivity contribution is -0.134. The molecule has 5 nitrogen and oxygen atoms in total. The molecule has 1 aromatic carbocycles. The van der Waals surface area contributed by atoms with Crippen molar-refractivity contribution >= 4 is 22.6 Å². The zero-order chi connectivity index (χ0) is 16.8. The van der Waals surface area contributed by atoms with Crippen molar-refractivity contribution in [3.63, 3.8) is 0 Å². The molecule has 0 bridgehead atoms. The van der Waals surface area contributed by atoms with Crippen LogP contribution < -0.4 is 4.90 Å². The van der Waals surface area contributed by atoms with Gasteiger partial charge < -0.3 is 9.80 Å². The number of hydrogen-bond donors (Lipinski definition) is 0. The Morgan fingerprint density at radius 1 is 1.25 bits per heavy atom. The van der Waals surface area contributed by atoms with E-state index in [1.54, 1.807) is 12.1 Å². The van der Waals surface area contributed by atoms with Gasteiger partial charge in [0.1, 0.15) is 18.0 Å². The molecule has 1 saturated heterocycles. The molecular weight excluding hydrogens is 307 g/mol. The van der Waals surface area contributed by atoms with Crippen molar-refractivity contribution in [3.8, 4) is 0 Å². The summed E-state index contributed by atoms with van der Waals surface area (Å²) in [5.41, 5.74) is 0.622. The topological polar surface area (TPSA) is 49.3 Å². The van der Waals surface area contributed by atoms with E-state index in [1.807, 2.05) is 19.0 Å². The molecule has 126 valence electrons. The SMILES string of the molecule is CN1C[C@H]2C[C@@H](N(C)c3ncnc4cccc(F)c34)C[C@H]2CC1=O. The molecule has 2 fully saturated rings. The highest BCUT2D eigenvalue weighted by Crippen LogP contribution is 2.41. The predicted molar refractivity (Wildman–Crippen MR) is 90.2 cm³/mol. The number of halogens is 1. The molecule has 1 aliphatic carbocycles. The molecule has 0 unspecified atom stereocenters. The zero-order valence-corrected chi connectivity index (χ0v) is 13.9. The Balaban J connectivity index is 1.64. The molecule has 0 radical (unpaired) electrons. The van der Waals surface area contributed by atoms with E-state index in [2.05, 4.69) is 14.9 Å². The summed E-state index contributed by atoms with van der Waals surface area (Å²) in [5.74, 6) is 1.54. The van der Waals surface area contributed by atoms with E-state index in [4.69, 9.17) is 0 Å². The van der Waals surface area contributed by atoms with Crippen LogP contribution in [0.15, 0.2) is 24.5 Å². The third-order valence-electron chi connectivity index (χ3n) is 5.66. The van der Waals surface area contributed by atoms with E-state index in [1.165, 1.54) is 12.4 Å². The third kappa shape index (κ3) is 2.41. The van der Waals surface area contributed by atoms with Crippen LogP contribution in [0.2, 0.25) is 0 Å². The van der Waals surface area contributed by atoms with Gasteiger partial charge in [0, 0.05) is 33.1 Å². The van der Waals surface area contributed by atoms with Gasteiger partial charge in [-0.15, -0.1) is 0 Å². The smallest absolute Gasteiger partial charge is 0.222 e. The number of carbonyl (C=O) groups is 1. The maximum absolute atomic E-state index is 14.3. The molecule has 1 amide bonds. The van der Waals surface area contributed by atoms with Crippen LogP contribution >= 0.6 is 0 Å². The van der Waals surface area contributed by atoms with E-state index < -0.39 is 0 Å². The fourth-order valence-electron chi connectivity index (χ4n) is 4.30. The molecule has 1 aliphatic heterocycles. The molecular formula is C18H21FN4O. The molecule has 0 spiro atoms. The van der Waals surface area contributed by atoms with Gasteiger partial charge in [0.15, 0.2) is 0 Å². The lowest BCUT2D eigenvalue weighted by atomic mass is 9.88. The number of likely N-dealkylation sites (tertiary alicyclic amines) is 1. The van der Waals surface area contributed by atoms with Crippen LogP contribution in [-0.2, 0) is 4.79 Å². The van der Waals surface area contributed by atoms with Gasteiger partial charge in [-0.05, 0) is 36.8 Å². The van der Waals surface area contributed by atoms with Crippen LogP contribution in [-0.4, -0.2) is 47.5 Å². The highest BCUT2D eigenvalue weighted by molar-refractivity contribution is 5.89. The molecule has 2 heterocycles. The van der Waals surface area contributed by atoms with E-state index in [0.29, 0.717) is 35.0 Å². The van der Waals surface area contributed by atoms with Crippen LogP contribution in [0.5, 0.6) is 0 Å².